The van der Waals surface area contributed by atoms with Crippen molar-refractivity contribution in [3.8, 4) is 0 Å². The maximum absolute atomic E-state index is 9.92. The second-order valence-electron chi connectivity index (χ2n) is 8.11. The van der Waals surface area contributed by atoms with Gasteiger partial charge in [0.1, 0.15) is 0 Å². The Kier molecular flexibility index (Phi) is 5.11. The highest BCUT2D eigenvalue weighted by molar-refractivity contribution is 6.39. The fourth-order valence-electron chi connectivity index (χ4n) is 4.15. The molecule has 144 valence electrons. The van der Waals surface area contributed by atoms with Gasteiger partial charge in [0, 0.05) is 43.7 Å². The number of hydrogen-bond donors (Lipinski definition) is 1. The van der Waals surface area contributed by atoms with Gasteiger partial charge in [0.05, 0.1) is 21.3 Å². The summed E-state index contributed by atoms with van der Waals surface area (Å²) in [6, 6.07) is 9.95. The maximum atomic E-state index is 9.92. The predicted molar refractivity (Wildman–Crippen MR) is 114 cm³/mol. The first-order valence-electron chi connectivity index (χ1n) is 9.16. The lowest BCUT2D eigenvalue weighted by molar-refractivity contribution is -0.0871. The summed E-state index contributed by atoms with van der Waals surface area (Å²) in [5.74, 6) is 0.423. The first-order chi connectivity index (χ1) is 12.7. The van der Waals surface area contributed by atoms with Gasteiger partial charge in [-0.3, -0.25) is 4.90 Å². The van der Waals surface area contributed by atoms with Crippen molar-refractivity contribution in [3.63, 3.8) is 0 Å². The van der Waals surface area contributed by atoms with Crippen LogP contribution in [0.4, 0.5) is 5.69 Å². The average molecular weight is 426 g/mol. The molecule has 3 nitrogen and oxygen atoms in total. The van der Waals surface area contributed by atoms with Crippen LogP contribution in [-0.4, -0.2) is 41.8 Å². The molecule has 0 spiro atoms. The molecule has 0 amide bonds. The number of aryl methyl sites for hydroxylation is 1. The SMILES string of the molecule is Cc1cc(C2CN(c3c(Cl)cccc3Cl)C2)cc(Cl)c1CN1CC(C)(O)C1. The number of para-hydroxylation sites is 1. The molecule has 2 aliphatic heterocycles. The van der Waals surface area contributed by atoms with Gasteiger partial charge in [-0.2, -0.15) is 0 Å². The molecule has 2 heterocycles. The van der Waals surface area contributed by atoms with E-state index in [1.807, 2.05) is 25.1 Å². The number of rotatable bonds is 4. The molecule has 0 atom stereocenters. The third-order valence-corrected chi connectivity index (χ3v) is 6.50. The van der Waals surface area contributed by atoms with Crippen LogP contribution >= 0.6 is 34.8 Å². The molecule has 0 aromatic heterocycles. The third kappa shape index (κ3) is 3.81. The lowest BCUT2D eigenvalue weighted by atomic mass is 9.88. The molecule has 2 aromatic rings. The van der Waals surface area contributed by atoms with Crippen molar-refractivity contribution in [1.82, 2.24) is 4.90 Å². The van der Waals surface area contributed by atoms with Gasteiger partial charge < -0.3 is 10.0 Å². The van der Waals surface area contributed by atoms with Crippen LogP contribution < -0.4 is 4.90 Å². The Morgan fingerprint density at radius 1 is 1.07 bits per heavy atom. The van der Waals surface area contributed by atoms with Gasteiger partial charge in [-0.05, 0) is 48.7 Å². The molecule has 0 saturated carbocycles. The van der Waals surface area contributed by atoms with Gasteiger partial charge in [-0.15, -0.1) is 0 Å². The van der Waals surface area contributed by atoms with Crippen LogP contribution in [0.25, 0.3) is 0 Å². The van der Waals surface area contributed by atoms with Gasteiger partial charge >= 0.3 is 0 Å². The summed E-state index contributed by atoms with van der Waals surface area (Å²) in [4.78, 5) is 4.44. The maximum Gasteiger partial charge on any atom is 0.0872 e. The van der Waals surface area contributed by atoms with E-state index < -0.39 is 5.60 Å². The lowest BCUT2D eigenvalue weighted by Gasteiger charge is -2.45. The summed E-state index contributed by atoms with van der Waals surface area (Å²) >= 11 is 19.3. The Morgan fingerprint density at radius 3 is 2.26 bits per heavy atom. The van der Waals surface area contributed by atoms with Gasteiger partial charge in [-0.1, -0.05) is 46.9 Å². The summed E-state index contributed by atoms with van der Waals surface area (Å²) < 4.78 is 0. The number of aliphatic hydroxyl groups is 1. The Labute approximate surface area is 175 Å². The number of benzene rings is 2. The van der Waals surface area contributed by atoms with Crippen molar-refractivity contribution in [1.29, 1.82) is 0 Å². The minimum Gasteiger partial charge on any atom is -0.388 e. The van der Waals surface area contributed by atoms with E-state index >= 15 is 0 Å². The summed E-state index contributed by atoms with van der Waals surface area (Å²) in [7, 11) is 0. The second kappa shape index (κ2) is 7.13. The van der Waals surface area contributed by atoms with E-state index in [0.717, 1.165) is 35.9 Å². The quantitative estimate of drug-likeness (QED) is 0.736. The first kappa shape index (κ1) is 19.4. The molecule has 2 fully saturated rings. The molecule has 2 aliphatic rings. The average Bonchev–Trinajstić information content (AvgIpc) is 2.50. The Morgan fingerprint density at radius 2 is 1.70 bits per heavy atom. The monoisotopic (exact) mass is 424 g/mol. The van der Waals surface area contributed by atoms with Crippen molar-refractivity contribution >= 4 is 40.5 Å². The molecule has 27 heavy (non-hydrogen) atoms. The van der Waals surface area contributed by atoms with Crippen molar-refractivity contribution in [2.75, 3.05) is 31.1 Å². The van der Waals surface area contributed by atoms with Crippen LogP contribution in [0.1, 0.15) is 29.5 Å². The summed E-state index contributed by atoms with van der Waals surface area (Å²) in [5.41, 5.74) is 3.98. The van der Waals surface area contributed by atoms with Crippen molar-refractivity contribution in [3.05, 3.63) is 62.1 Å². The minimum atomic E-state index is -0.560. The molecule has 2 aromatic carbocycles. The Hall–Kier alpha value is -0.970. The van der Waals surface area contributed by atoms with Crippen LogP contribution in [0.15, 0.2) is 30.3 Å². The highest BCUT2D eigenvalue weighted by Crippen LogP contribution is 2.41. The number of anilines is 1. The summed E-state index contributed by atoms with van der Waals surface area (Å²) in [6.45, 7) is 7.92. The van der Waals surface area contributed by atoms with Crippen molar-refractivity contribution in [2.24, 2.45) is 0 Å². The zero-order valence-electron chi connectivity index (χ0n) is 15.5. The minimum absolute atomic E-state index is 0.423. The highest BCUT2D eigenvalue weighted by Gasteiger charge is 2.37. The molecule has 6 heteroatoms. The van der Waals surface area contributed by atoms with Gasteiger partial charge in [0.25, 0.3) is 0 Å². The van der Waals surface area contributed by atoms with E-state index in [0.29, 0.717) is 29.1 Å². The molecular formula is C21H23Cl3N2O. The van der Waals surface area contributed by atoms with Crippen LogP contribution in [0.2, 0.25) is 15.1 Å². The fraction of sp³-hybridized carbons (Fsp3) is 0.429. The first-order valence-corrected chi connectivity index (χ1v) is 10.3. The van der Waals surface area contributed by atoms with Crippen molar-refractivity contribution < 1.29 is 5.11 Å². The van der Waals surface area contributed by atoms with E-state index in [4.69, 9.17) is 34.8 Å². The molecular weight excluding hydrogens is 403 g/mol. The van der Waals surface area contributed by atoms with Gasteiger partial charge in [-0.25, -0.2) is 0 Å². The highest BCUT2D eigenvalue weighted by atomic mass is 35.5. The third-order valence-electron chi connectivity index (χ3n) is 5.56. The molecule has 0 bridgehead atoms. The zero-order chi connectivity index (χ0) is 19.3. The molecule has 0 aliphatic carbocycles. The fourth-order valence-corrected chi connectivity index (χ4v) is 5.12. The standard InChI is InChI=1S/C21H23Cl3N2O/c1-13-6-14(7-19(24)16(13)10-25-11-21(2,27)12-25)15-8-26(9-15)20-17(22)4-3-5-18(20)23/h3-7,15,27H,8-12H2,1-2H3. The molecule has 1 N–H and O–H groups in total. The second-order valence-corrected chi connectivity index (χ2v) is 9.33. The topological polar surface area (TPSA) is 26.7 Å². The van der Waals surface area contributed by atoms with E-state index in [1.54, 1.807) is 0 Å². The van der Waals surface area contributed by atoms with E-state index in [1.165, 1.54) is 11.1 Å². The van der Waals surface area contributed by atoms with Crippen LogP contribution in [0.5, 0.6) is 0 Å². The summed E-state index contributed by atoms with van der Waals surface area (Å²) in [6.07, 6.45) is 0. The number of halogens is 3. The normalized spacial score (nSPS) is 19.7. The van der Waals surface area contributed by atoms with E-state index in [-0.39, 0.29) is 0 Å². The van der Waals surface area contributed by atoms with Crippen molar-refractivity contribution in [2.45, 2.75) is 31.9 Å². The number of nitrogens with zero attached hydrogens (tertiary/aromatic N) is 2. The van der Waals surface area contributed by atoms with E-state index in [9.17, 15) is 5.11 Å². The van der Waals surface area contributed by atoms with Crippen LogP contribution in [0, 0.1) is 6.92 Å². The lowest BCUT2D eigenvalue weighted by Crippen LogP contribution is -2.59. The molecule has 4 rings (SSSR count). The predicted octanol–water partition coefficient (Wildman–Crippen LogP) is 5.13. The zero-order valence-corrected chi connectivity index (χ0v) is 17.7. The summed E-state index contributed by atoms with van der Waals surface area (Å²) in [5, 5.41) is 12.1. The van der Waals surface area contributed by atoms with Gasteiger partial charge in [0.15, 0.2) is 0 Å². The Balaban J connectivity index is 1.45. The largest absolute Gasteiger partial charge is 0.388 e. The Bertz CT molecular complexity index is 826. The smallest absolute Gasteiger partial charge is 0.0872 e. The molecule has 0 unspecified atom stereocenters. The van der Waals surface area contributed by atoms with Crippen LogP contribution in [0.3, 0.4) is 0 Å². The van der Waals surface area contributed by atoms with E-state index in [2.05, 4.69) is 28.9 Å². The number of β-amino-alcohol motifs (C(OH)–C–C–N with tert-alkyl or cyclic N) is 1. The van der Waals surface area contributed by atoms with Gasteiger partial charge in [0.2, 0.25) is 0 Å². The molecule has 0 radical (unpaired) electrons. The number of hydrogen-bond acceptors (Lipinski definition) is 3. The molecule has 2 saturated heterocycles. The number of likely N-dealkylation sites (tertiary alicyclic amines) is 1. The van der Waals surface area contributed by atoms with Crippen LogP contribution in [-0.2, 0) is 6.54 Å².